The van der Waals surface area contributed by atoms with Crippen molar-refractivity contribution >= 4 is 33.2 Å². The lowest BCUT2D eigenvalue weighted by atomic mass is 9.53. The normalized spacial score (nSPS) is 31.6. The fraction of sp³-hybridized carbons (Fsp3) is 0.400. The van der Waals surface area contributed by atoms with Gasteiger partial charge < -0.3 is 11.1 Å². The van der Waals surface area contributed by atoms with Crippen LogP contribution in [0.5, 0.6) is 0 Å². The maximum absolute atomic E-state index is 6.47. The first kappa shape index (κ1) is 16.4. The Morgan fingerprint density at radius 1 is 0.821 bits per heavy atom. The molecule has 3 aromatic rings. The molecule has 7 rings (SSSR count). The largest absolute Gasteiger partial charge is 0.370 e. The van der Waals surface area contributed by atoms with E-state index in [0.29, 0.717) is 5.96 Å². The van der Waals surface area contributed by atoms with Crippen molar-refractivity contribution in [1.29, 1.82) is 0 Å². The molecule has 28 heavy (non-hydrogen) atoms. The summed E-state index contributed by atoms with van der Waals surface area (Å²) in [7, 11) is 0. The first-order valence-electron chi connectivity index (χ1n) is 10.7. The molecule has 3 nitrogen and oxygen atoms in total. The molecule has 0 unspecified atom stereocenters. The van der Waals surface area contributed by atoms with Gasteiger partial charge in [0.2, 0.25) is 0 Å². The second kappa shape index (κ2) is 5.97. The molecule has 0 heterocycles. The Bertz CT molecular complexity index is 1060. The zero-order chi connectivity index (χ0) is 18.7. The second-order valence-corrected chi connectivity index (χ2v) is 9.49. The van der Waals surface area contributed by atoms with Gasteiger partial charge in [-0.15, -0.1) is 0 Å². The lowest BCUT2D eigenvalue weighted by Gasteiger charge is -2.54. The van der Waals surface area contributed by atoms with Gasteiger partial charge in [0.25, 0.3) is 0 Å². The number of nitrogens with one attached hydrogen (secondary N) is 1. The Balaban J connectivity index is 1.35. The number of nitrogens with zero attached hydrogens (tertiary/aromatic N) is 1. The highest BCUT2D eigenvalue weighted by molar-refractivity contribution is 6.07. The zero-order valence-corrected chi connectivity index (χ0v) is 16.2. The van der Waals surface area contributed by atoms with Gasteiger partial charge in [-0.1, -0.05) is 36.4 Å². The van der Waals surface area contributed by atoms with Crippen LogP contribution in [-0.4, -0.2) is 11.5 Å². The molecule has 0 amide bonds. The van der Waals surface area contributed by atoms with Gasteiger partial charge in [0.15, 0.2) is 5.96 Å². The average Bonchev–Trinajstić information content (AvgIpc) is 2.65. The van der Waals surface area contributed by atoms with Crippen LogP contribution in [0.4, 0.5) is 5.69 Å². The minimum Gasteiger partial charge on any atom is -0.370 e. The molecule has 0 atom stereocenters. The van der Waals surface area contributed by atoms with Crippen molar-refractivity contribution in [3.63, 3.8) is 0 Å². The molecule has 3 aromatic carbocycles. The fourth-order valence-electron chi connectivity index (χ4n) is 6.70. The highest BCUT2D eigenvalue weighted by atomic mass is 15.1. The summed E-state index contributed by atoms with van der Waals surface area (Å²) in [6, 6.07) is 19.4. The first-order chi connectivity index (χ1) is 13.7. The SMILES string of the molecule is NC(=NC12CC3CC(CC(C3)C1)C2)Nc1cccc2cc3ccccc3cc12. The summed E-state index contributed by atoms with van der Waals surface area (Å²) >= 11 is 0. The molecule has 0 saturated heterocycles. The van der Waals surface area contributed by atoms with Crippen molar-refractivity contribution in [1.82, 2.24) is 0 Å². The Labute approximate surface area is 166 Å². The number of nitrogens with two attached hydrogens (primary N) is 1. The third-order valence-electron chi connectivity index (χ3n) is 7.37. The molecule has 0 spiro atoms. The molecular formula is C25H27N3. The van der Waals surface area contributed by atoms with Crippen LogP contribution in [-0.2, 0) is 0 Å². The molecular weight excluding hydrogens is 342 g/mol. The van der Waals surface area contributed by atoms with Gasteiger partial charge in [-0.05, 0) is 90.6 Å². The monoisotopic (exact) mass is 369 g/mol. The van der Waals surface area contributed by atoms with E-state index in [4.69, 9.17) is 10.7 Å². The van der Waals surface area contributed by atoms with Crippen molar-refractivity contribution in [2.75, 3.05) is 5.32 Å². The Morgan fingerprint density at radius 3 is 2.11 bits per heavy atom. The van der Waals surface area contributed by atoms with Crippen LogP contribution in [0.25, 0.3) is 21.5 Å². The smallest absolute Gasteiger partial charge is 0.193 e. The summed E-state index contributed by atoms with van der Waals surface area (Å²) in [6.07, 6.45) is 8.00. The highest BCUT2D eigenvalue weighted by Crippen LogP contribution is 2.57. The van der Waals surface area contributed by atoms with E-state index in [0.717, 1.165) is 23.4 Å². The second-order valence-electron chi connectivity index (χ2n) is 9.49. The van der Waals surface area contributed by atoms with Gasteiger partial charge in [-0.3, -0.25) is 0 Å². The van der Waals surface area contributed by atoms with Crippen molar-refractivity contribution in [3.05, 3.63) is 54.6 Å². The molecule has 0 aliphatic heterocycles. The fourth-order valence-corrected chi connectivity index (χ4v) is 6.70. The number of rotatable bonds is 2. The minimum absolute atomic E-state index is 0.100. The molecule has 4 aliphatic rings. The lowest BCUT2D eigenvalue weighted by Crippen LogP contribution is -2.50. The van der Waals surface area contributed by atoms with E-state index in [2.05, 4.69) is 59.9 Å². The summed E-state index contributed by atoms with van der Waals surface area (Å²) in [6.45, 7) is 0. The van der Waals surface area contributed by atoms with E-state index in [1.54, 1.807) is 0 Å². The third-order valence-corrected chi connectivity index (χ3v) is 7.37. The quantitative estimate of drug-likeness (QED) is 0.346. The van der Waals surface area contributed by atoms with Gasteiger partial charge in [-0.25, -0.2) is 4.99 Å². The number of aliphatic imine (C=N–C) groups is 1. The third kappa shape index (κ3) is 2.68. The van der Waals surface area contributed by atoms with Crippen LogP contribution < -0.4 is 11.1 Å². The summed E-state index contributed by atoms with van der Waals surface area (Å²) in [5.74, 6) is 3.23. The topological polar surface area (TPSA) is 50.4 Å². The average molecular weight is 370 g/mol. The number of hydrogen-bond donors (Lipinski definition) is 2. The van der Waals surface area contributed by atoms with Crippen LogP contribution in [0.3, 0.4) is 0 Å². The number of hydrogen-bond acceptors (Lipinski definition) is 1. The van der Waals surface area contributed by atoms with Gasteiger partial charge in [0.1, 0.15) is 0 Å². The van der Waals surface area contributed by atoms with Crippen molar-refractivity contribution < 1.29 is 0 Å². The van der Waals surface area contributed by atoms with E-state index in [-0.39, 0.29) is 5.54 Å². The molecule has 4 aliphatic carbocycles. The maximum atomic E-state index is 6.47. The molecule has 3 heteroatoms. The number of benzene rings is 3. The maximum Gasteiger partial charge on any atom is 0.193 e. The number of guanidine groups is 1. The van der Waals surface area contributed by atoms with Crippen LogP contribution in [0.1, 0.15) is 38.5 Å². The van der Waals surface area contributed by atoms with Crippen molar-refractivity contribution in [3.8, 4) is 0 Å². The Morgan fingerprint density at radius 2 is 1.43 bits per heavy atom. The molecule has 4 bridgehead atoms. The molecule has 3 N–H and O–H groups in total. The summed E-state index contributed by atoms with van der Waals surface area (Å²) in [5.41, 5.74) is 7.62. The molecule has 4 fully saturated rings. The molecule has 4 saturated carbocycles. The van der Waals surface area contributed by atoms with Gasteiger partial charge in [0, 0.05) is 11.1 Å². The van der Waals surface area contributed by atoms with Crippen LogP contribution in [0, 0.1) is 17.8 Å². The van der Waals surface area contributed by atoms with Crippen LogP contribution >= 0.6 is 0 Å². The first-order valence-corrected chi connectivity index (χ1v) is 10.7. The van der Waals surface area contributed by atoms with Crippen LogP contribution in [0.15, 0.2) is 59.6 Å². The summed E-state index contributed by atoms with van der Waals surface area (Å²) in [4.78, 5) is 5.12. The predicted molar refractivity (Wildman–Crippen MR) is 118 cm³/mol. The molecule has 0 radical (unpaired) electrons. The van der Waals surface area contributed by atoms with Crippen molar-refractivity contribution in [2.24, 2.45) is 28.5 Å². The molecule has 142 valence electrons. The lowest BCUT2D eigenvalue weighted by molar-refractivity contribution is 0.00164. The van der Waals surface area contributed by atoms with E-state index in [1.807, 2.05) is 0 Å². The summed E-state index contributed by atoms with van der Waals surface area (Å²) < 4.78 is 0. The van der Waals surface area contributed by atoms with E-state index in [9.17, 15) is 0 Å². The molecule has 0 aromatic heterocycles. The standard InChI is InChI=1S/C25H27N3/c26-24(28-25-13-16-8-17(14-25)10-18(9-16)15-25)27-23-7-3-6-21-11-19-4-1-2-5-20(19)12-22(21)23/h1-7,11-12,16-18H,8-10,13-15H2,(H3,26,27,28). The minimum atomic E-state index is 0.100. The number of fused-ring (bicyclic) bond motifs is 2. The van der Waals surface area contributed by atoms with Gasteiger partial charge in [-0.2, -0.15) is 0 Å². The van der Waals surface area contributed by atoms with Crippen molar-refractivity contribution in [2.45, 2.75) is 44.1 Å². The predicted octanol–water partition coefficient (Wildman–Crippen LogP) is 5.69. The Kier molecular flexibility index (Phi) is 3.50. The van der Waals surface area contributed by atoms with Gasteiger partial charge >= 0.3 is 0 Å². The Hall–Kier alpha value is -2.55. The zero-order valence-electron chi connectivity index (χ0n) is 16.2. The van der Waals surface area contributed by atoms with Crippen LogP contribution in [0.2, 0.25) is 0 Å². The van der Waals surface area contributed by atoms with E-state index < -0.39 is 0 Å². The summed E-state index contributed by atoms with van der Waals surface area (Å²) in [5, 5.41) is 8.40. The van der Waals surface area contributed by atoms with E-state index >= 15 is 0 Å². The number of anilines is 1. The highest BCUT2D eigenvalue weighted by Gasteiger charge is 2.51. The van der Waals surface area contributed by atoms with Gasteiger partial charge in [0.05, 0.1) is 5.54 Å². The van der Waals surface area contributed by atoms with E-state index in [1.165, 1.54) is 60.1 Å².